The number of carbonyl (C=O) groups is 1. The quantitative estimate of drug-likeness (QED) is 0.908. The molecule has 0 amide bonds. The Balaban J connectivity index is 1.74. The lowest BCUT2D eigenvalue weighted by Gasteiger charge is -2.21. The van der Waals surface area contributed by atoms with Crippen LogP contribution in [0.4, 0.5) is 4.39 Å². The van der Waals surface area contributed by atoms with E-state index in [9.17, 15) is 9.18 Å². The monoisotopic (exact) mass is 269 g/mol. The third kappa shape index (κ3) is 3.79. The molecule has 0 aliphatic heterocycles. The van der Waals surface area contributed by atoms with Crippen LogP contribution in [-0.4, -0.2) is 12.3 Å². The lowest BCUT2D eigenvalue weighted by atomic mass is 9.88. The first-order valence-corrected chi connectivity index (χ1v) is 6.69. The topological polar surface area (TPSA) is 29.1 Å². The predicted molar refractivity (Wildman–Crippen MR) is 70.1 cm³/mol. The number of carbonyl (C=O) groups excluding carboxylic acids is 1. The molecule has 1 aromatic rings. The van der Waals surface area contributed by atoms with Crippen LogP contribution in [0.5, 0.6) is 0 Å². The van der Waals surface area contributed by atoms with Gasteiger partial charge in [-0.15, -0.1) is 0 Å². The molecule has 0 atom stereocenters. The Morgan fingerprint density at radius 3 is 2.72 bits per heavy atom. The van der Waals surface area contributed by atoms with E-state index in [2.05, 4.69) is 5.32 Å². The Morgan fingerprint density at radius 1 is 1.33 bits per heavy atom. The molecular formula is C14H17ClFNO. The van der Waals surface area contributed by atoms with Crippen LogP contribution >= 0.6 is 11.6 Å². The lowest BCUT2D eigenvalue weighted by molar-refractivity contribution is -0.120. The first-order valence-electron chi connectivity index (χ1n) is 6.31. The van der Waals surface area contributed by atoms with Crippen molar-refractivity contribution in [1.82, 2.24) is 5.32 Å². The highest BCUT2D eigenvalue weighted by Crippen LogP contribution is 2.21. The van der Waals surface area contributed by atoms with E-state index < -0.39 is 0 Å². The van der Waals surface area contributed by atoms with Crippen LogP contribution in [0.15, 0.2) is 18.2 Å². The van der Waals surface area contributed by atoms with E-state index in [0.717, 1.165) is 24.9 Å². The number of ketones is 1. The standard InChI is InChI=1S/C14H17ClFNO/c15-13-7-11(3-6-14(13)16)9-17-8-10-1-4-12(18)5-2-10/h3,6-7,10,17H,1-2,4-5,8-9H2. The molecule has 0 unspecified atom stereocenters. The van der Waals surface area contributed by atoms with Crippen molar-refractivity contribution in [1.29, 1.82) is 0 Å². The highest BCUT2D eigenvalue weighted by atomic mass is 35.5. The number of Topliss-reactive ketones (excluding diaryl/α,β-unsaturated/α-hetero) is 1. The molecular weight excluding hydrogens is 253 g/mol. The average Bonchev–Trinajstić information content (AvgIpc) is 2.36. The number of rotatable bonds is 4. The molecule has 0 spiro atoms. The Hall–Kier alpha value is -0.930. The van der Waals surface area contributed by atoms with Crippen molar-refractivity contribution >= 4 is 17.4 Å². The first-order chi connectivity index (χ1) is 8.65. The average molecular weight is 270 g/mol. The van der Waals surface area contributed by atoms with Crippen molar-refractivity contribution < 1.29 is 9.18 Å². The van der Waals surface area contributed by atoms with Gasteiger partial charge in [0.25, 0.3) is 0 Å². The van der Waals surface area contributed by atoms with E-state index in [-0.39, 0.29) is 10.8 Å². The Kier molecular flexibility index (Phi) is 4.72. The van der Waals surface area contributed by atoms with Crippen LogP contribution in [0.3, 0.4) is 0 Å². The minimum Gasteiger partial charge on any atom is -0.312 e. The summed E-state index contributed by atoms with van der Waals surface area (Å²) in [6, 6.07) is 4.77. The van der Waals surface area contributed by atoms with Gasteiger partial charge in [0.05, 0.1) is 5.02 Å². The zero-order valence-electron chi connectivity index (χ0n) is 10.2. The molecule has 0 radical (unpaired) electrons. The summed E-state index contributed by atoms with van der Waals surface area (Å²) in [5, 5.41) is 3.50. The van der Waals surface area contributed by atoms with E-state index in [4.69, 9.17) is 11.6 Å². The summed E-state index contributed by atoms with van der Waals surface area (Å²) in [4.78, 5) is 11.1. The highest BCUT2D eigenvalue weighted by molar-refractivity contribution is 6.30. The summed E-state index contributed by atoms with van der Waals surface area (Å²) in [5.74, 6) is 0.585. The molecule has 1 aliphatic rings. The summed E-state index contributed by atoms with van der Waals surface area (Å²) in [5.41, 5.74) is 0.980. The van der Waals surface area contributed by atoms with Crippen molar-refractivity contribution in [2.45, 2.75) is 32.2 Å². The Bertz CT molecular complexity index is 426. The molecule has 98 valence electrons. The minimum absolute atomic E-state index is 0.164. The zero-order chi connectivity index (χ0) is 13.0. The molecule has 2 rings (SSSR count). The summed E-state index contributed by atoms with van der Waals surface area (Å²) in [6.45, 7) is 1.59. The van der Waals surface area contributed by atoms with Crippen LogP contribution in [-0.2, 0) is 11.3 Å². The van der Waals surface area contributed by atoms with Gasteiger partial charge in [0, 0.05) is 19.4 Å². The maximum atomic E-state index is 13.0. The van der Waals surface area contributed by atoms with Crippen LogP contribution in [0.2, 0.25) is 5.02 Å². The SMILES string of the molecule is O=C1CCC(CNCc2ccc(F)c(Cl)c2)CC1. The van der Waals surface area contributed by atoms with Crippen LogP contribution in [0, 0.1) is 11.7 Å². The molecule has 18 heavy (non-hydrogen) atoms. The highest BCUT2D eigenvalue weighted by Gasteiger charge is 2.17. The smallest absolute Gasteiger partial charge is 0.141 e. The molecule has 2 nitrogen and oxygen atoms in total. The Morgan fingerprint density at radius 2 is 2.06 bits per heavy atom. The molecule has 0 heterocycles. The lowest BCUT2D eigenvalue weighted by Crippen LogP contribution is -2.26. The van der Waals surface area contributed by atoms with Gasteiger partial charge in [0.2, 0.25) is 0 Å². The van der Waals surface area contributed by atoms with Gasteiger partial charge < -0.3 is 5.32 Å². The normalized spacial score (nSPS) is 17.1. The summed E-state index contributed by atoms with van der Waals surface area (Å²) >= 11 is 5.72. The first kappa shape index (κ1) is 13.5. The third-order valence-corrected chi connectivity index (χ3v) is 3.70. The molecule has 4 heteroatoms. The fraction of sp³-hybridized carbons (Fsp3) is 0.500. The number of hydrogen-bond acceptors (Lipinski definition) is 2. The van der Waals surface area contributed by atoms with E-state index in [1.54, 1.807) is 12.1 Å². The minimum atomic E-state index is -0.383. The van der Waals surface area contributed by atoms with Crippen molar-refractivity contribution in [2.24, 2.45) is 5.92 Å². The molecule has 1 N–H and O–H groups in total. The van der Waals surface area contributed by atoms with Gasteiger partial charge in [-0.25, -0.2) is 4.39 Å². The maximum absolute atomic E-state index is 13.0. The summed E-state index contributed by atoms with van der Waals surface area (Å²) < 4.78 is 13.0. The van der Waals surface area contributed by atoms with Gasteiger partial charge in [-0.2, -0.15) is 0 Å². The van der Waals surface area contributed by atoms with Crippen LogP contribution < -0.4 is 5.32 Å². The second kappa shape index (κ2) is 6.30. The zero-order valence-corrected chi connectivity index (χ0v) is 11.0. The molecule has 1 saturated carbocycles. The maximum Gasteiger partial charge on any atom is 0.141 e. The number of halogens is 2. The van der Waals surface area contributed by atoms with E-state index in [1.165, 1.54) is 6.07 Å². The fourth-order valence-corrected chi connectivity index (χ4v) is 2.48. The summed E-state index contributed by atoms with van der Waals surface area (Å²) in [7, 11) is 0. The van der Waals surface area contributed by atoms with Crippen molar-refractivity contribution in [3.8, 4) is 0 Å². The molecule has 0 aromatic heterocycles. The second-order valence-corrected chi connectivity index (χ2v) is 5.27. The van der Waals surface area contributed by atoms with Gasteiger partial charge >= 0.3 is 0 Å². The van der Waals surface area contributed by atoms with Crippen LogP contribution in [0.25, 0.3) is 0 Å². The fourth-order valence-electron chi connectivity index (χ4n) is 2.27. The van der Waals surface area contributed by atoms with Crippen molar-refractivity contribution in [3.05, 3.63) is 34.6 Å². The van der Waals surface area contributed by atoms with E-state index >= 15 is 0 Å². The molecule has 1 aromatic carbocycles. The van der Waals surface area contributed by atoms with Gasteiger partial charge in [-0.05, 0) is 43.0 Å². The Labute approximate surface area is 112 Å². The van der Waals surface area contributed by atoms with E-state index in [1.807, 2.05) is 0 Å². The van der Waals surface area contributed by atoms with Gasteiger partial charge in [0.1, 0.15) is 11.6 Å². The molecule has 0 bridgehead atoms. The molecule has 0 saturated heterocycles. The van der Waals surface area contributed by atoms with Gasteiger partial charge in [-0.1, -0.05) is 17.7 Å². The van der Waals surface area contributed by atoms with Gasteiger partial charge in [-0.3, -0.25) is 4.79 Å². The largest absolute Gasteiger partial charge is 0.312 e. The number of benzene rings is 1. The summed E-state index contributed by atoms with van der Waals surface area (Å²) in [6.07, 6.45) is 3.40. The molecule has 1 fully saturated rings. The van der Waals surface area contributed by atoms with E-state index in [0.29, 0.717) is 31.1 Å². The van der Waals surface area contributed by atoms with Crippen molar-refractivity contribution in [2.75, 3.05) is 6.54 Å². The second-order valence-electron chi connectivity index (χ2n) is 4.86. The number of hydrogen-bond donors (Lipinski definition) is 1. The van der Waals surface area contributed by atoms with Crippen molar-refractivity contribution in [3.63, 3.8) is 0 Å². The van der Waals surface area contributed by atoms with Gasteiger partial charge in [0.15, 0.2) is 0 Å². The number of nitrogens with one attached hydrogen (secondary N) is 1. The predicted octanol–water partition coefficient (Wildman–Crippen LogP) is 3.33. The third-order valence-electron chi connectivity index (χ3n) is 3.41. The molecule has 1 aliphatic carbocycles. The van der Waals surface area contributed by atoms with Crippen LogP contribution in [0.1, 0.15) is 31.2 Å².